The first kappa shape index (κ1) is 14.5. The van der Waals surface area contributed by atoms with Crippen molar-refractivity contribution in [2.75, 3.05) is 19.6 Å². The van der Waals surface area contributed by atoms with E-state index in [0.717, 1.165) is 26.2 Å². The summed E-state index contributed by atoms with van der Waals surface area (Å²) in [5.74, 6) is 0.352. The molecule has 0 bridgehead atoms. The largest absolute Gasteiger partial charge is 0.391 e. The van der Waals surface area contributed by atoms with Gasteiger partial charge in [0.2, 0.25) is 0 Å². The minimum Gasteiger partial charge on any atom is -0.391 e. The van der Waals surface area contributed by atoms with Crippen LogP contribution in [0.1, 0.15) is 11.1 Å². The monoisotopic (exact) mass is 256 g/mol. The third-order valence-corrected chi connectivity index (χ3v) is 3.12. The molecule has 17 heavy (non-hydrogen) atoms. The molecule has 0 spiro atoms. The highest BCUT2D eigenvalue weighted by Gasteiger charge is 2.23. The van der Waals surface area contributed by atoms with Gasteiger partial charge in [0.1, 0.15) is 0 Å². The number of rotatable bonds is 4. The van der Waals surface area contributed by atoms with Gasteiger partial charge in [-0.1, -0.05) is 29.8 Å². The molecule has 1 heterocycles. The van der Waals surface area contributed by atoms with E-state index in [4.69, 9.17) is 0 Å². The molecule has 0 amide bonds. The molecular weight excluding hydrogens is 236 g/mol. The number of hydrogen-bond donors (Lipinski definition) is 3. The maximum atomic E-state index is 9.63. The van der Waals surface area contributed by atoms with Gasteiger partial charge in [-0.25, -0.2) is 0 Å². The molecule has 4 heteroatoms. The second kappa shape index (κ2) is 6.97. The molecule has 2 atom stereocenters. The summed E-state index contributed by atoms with van der Waals surface area (Å²) in [6.45, 7) is 5.51. The van der Waals surface area contributed by atoms with E-state index in [1.54, 1.807) is 0 Å². The highest BCUT2D eigenvalue weighted by Crippen LogP contribution is 2.08. The third-order valence-electron chi connectivity index (χ3n) is 3.12. The van der Waals surface area contributed by atoms with E-state index >= 15 is 0 Å². The number of benzene rings is 1. The van der Waals surface area contributed by atoms with E-state index in [2.05, 4.69) is 41.8 Å². The zero-order valence-electron chi connectivity index (χ0n) is 10.1. The van der Waals surface area contributed by atoms with Crippen LogP contribution in [0.4, 0.5) is 0 Å². The van der Waals surface area contributed by atoms with Gasteiger partial charge in [-0.05, 0) is 12.5 Å². The van der Waals surface area contributed by atoms with Crippen LogP contribution < -0.4 is 10.6 Å². The van der Waals surface area contributed by atoms with Crippen LogP contribution in [0.25, 0.3) is 0 Å². The van der Waals surface area contributed by atoms with E-state index in [1.807, 2.05) is 0 Å². The molecular formula is C13H21ClN2O. The van der Waals surface area contributed by atoms with Crippen molar-refractivity contribution < 1.29 is 5.11 Å². The Balaban J connectivity index is 0.00000144. The Morgan fingerprint density at radius 1 is 1.41 bits per heavy atom. The smallest absolute Gasteiger partial charge is 0.0716 e. The number of aryl methyl sites for hydroxylation is 1. The van der Waals surface area contributed by atoms with Crippen LogP contribution in [-0.2, 0) is 6.54 Å². The van der Waals surface area contributed by atoms with Gasteiger partial charge >= 0.3 is 0 Å². The van der Waals surface area contributed by atoms with Crippen LogP contribution >= 0.6 is 12.4 Å². The molecule has 1 aromatic rings. The molecule has 96 valence electrons. The van der Waals surface area contributed by atoms with Crippen LogP contribution in [0.3, 0.4) is 0 Å². The van der Waals surface area contributed by atoms with Gasteiger partial charge in [0, 0.05) is 32.1 Å². The summed E-state index contributed by atoms with van der Waals surface area (Å²) in [7, 11) is 0. The van der Waals surface area contributed by atoms with Crippen molar-refractivity contribution in [3.8, 4) is 0 Å². The lowest BCUT2D eigenvalue weighted by Gasteiger charge is -2.14. The Bertz CT molecular complexity index is 346. The van der Waals surface area contributed by atoms with Gasteiger partial charge < -0.3 is 15.7 Å². The molecule has 3 N–H and O–H groups in total. The van der Waals surface area contributed by atoms with Crippen molar-refractivity contribution in [2.24, 2.45) is 5.92 Å². The highest BCUT2D eigenvalue weighted by atomic mass is 35.5. The predicted octanol–water partition coefficient (Wildman–Crippen LogP) is 1.09. The summed E-state index contributed by atoms with van der Waals surface area (Å²) in [6, 6.07) is 8.51. The molecule has 1 aliphatic heterocycles. The maximum absolute atomic E-state index is 9.63. The number of halogens is 1. The van der Waals surface area contributed by atoms with Crippen LogP contribution in [0.15, 0.2) is 24.3 Å². The van der Waals surface area contributed by atoms with E-state index in [1.165, 1.54) is 11.1 Å². The number of nitrogens with one attached hydrogen (secondary N) is 2. The first-order valence-electron chi connectivity index (χ1n) is 5.91. The Morgan fingerprint density at radius 2 is 2.24 bits per heavy atom. The number of aliphatic hydroxyl groups excluding tert-OH is 1. The average molecular weight is 257 g/mol. The van der Waals surface area contributed by atoms with Crippen molar-refractivity contribution in [3.05, 3.63) is 35.4 Å². The van der Waals surface area contributed by atoms with Gasteiger partial charge in [-0.2, -0.15) is 0 Å². The van der Waals surface area contributed by atoms with Gasteiger partial charge in [-0.3, -0.25) is 0 Å². The van der Waals surface area contributed by atoms with E-state index in [0.29, 0.717) is 5.92 Å². The van der Waals surface area contributed by atoms with Gasteiger partial charge in [0.05, 0.1) is 6.10 Å². The van der Waals surface area contributed by atoms with E-state index in [-0.39, 0.29) is 18.5 Å². The van der Waals surface area contributed by atoms with Crippen molar-refractivity contribution >= 4 is 12.4 Å². The highest BCUT2D eigenvalue weighted by molar-refractivity contribution is 5.85. The fourth-order valence-corrected chi connectivity index (χ4v) is 2.15. The van der Waals surface area contributed by atoms with Crippen LogP contribution in [0.5, 0.6) is 0 Å². The number of aliphatic hydroxyl groups is 1. The summed E-state index contributed by atoms with van der Waals surface area (Å²) < 4.78 is 0. The maximum Gasteiger partial charge on any atom is 0.0716 e. The first-order valence-corrected chi connectivity index (χ1v) is 5.91. The molecule has 1 saturated heterocycles. The van der Waals surface area contributed by atoms with Crippen molar-refractivity contribution in [1.29, 1.82) is 0 Å². The molecule has 1 aromatic carbocycles. The Morgan fingerprint density at radius 3 is 2.88 bits per heavy atom. The fraction of sp³-hybridized carbons (Fsp3) is 0.538. The molecule has 0 saturated carbocycles. The quantitative estimate of drug-likeness (QED) is 0.756. The van der Waals surface area contributed by atoms with Crippen molar-refractivity contribution in [1.82, 2.24) is 10.6 Å². The van der Waals surface area contributed by atoms with Crippen molar-refractivity contribution in [3.63, 3.8) is 0 Å². The normalized spacial score (nSPS) is 23.4. The molecule has 2 unspecified atom stereocenters. The SMILES string of the molecule is Cc1cccc(CNCC2CNCC2O)c1.Cl. The summed E-state index contributed by atoms with van der Waals surface area (Å²) in [4.78, 5) is 0. The zero-order valence-corrected chi connectivity index (χ0v) is 11.0. The van der Waals surface area contributed by atoms with E-state index in [9.17, 15) is 5.11 Å². The number of hydrogen-bond acceptors (Lipinski definition) is 3. The molecule has 0 aromatic heterocycles. The van der Waals surface area contributed by atoms with Crippen LogP contribution in [0, 0.1) is 12.8 Å². The van der Waals surface area contributed by atoms with Gasteiger partial charge in [0.15, 0.2) is 0 Å². The average Bonchev–Trinajstić information content (AvgIpc) is 2.65. The molecule has 0 radical (unpaired) electrons. The van der Waals surface area contributed by atoms with Crippen LogP contribution in [0.2, 0.25) is 0 Å². The Hall–Kier alpha value is -0.610. The minimum atomic E-state index is -0.190. The molecule has 3 nitrogen and oxygen atoms in total. The fourth-order valence-electron chi connectivity index (χ4n) is 2.15. The second-order valence-electron chi connectivity index (χ2n) is 4.61. The van der Waals surface area contributed by atoms with Gasteiger partial charge in [0.25, 0.3) is 0 Å². The first-order chi connectivity index (χ1) is 7.75. The molecule has 1 fully saturated rings. The van der Waals surface area contributed by atoms with Crippen molar-refractivity contribution in [2.45, 2.75) is 19.6 Å². The van der Waals surface area contributed by atoms with E-state index < -0.39 is 0 Å². The lowest BCUT2D eigenvalue weighted by Crippen LogP contribution is -2.30. The predicted molar refractivity (Wildman–Crippen MR) is 72.5 cm³/mol. The summed E-state index contributed by atoms with van der Waals surface area (Å²) in [6.07, 6.45) is -0.190. The lowest BCUT2D eigenvalue weighted by atomic mass is 10.1. The minimum absolute atomic E-state index is 0. The lowest BCUT2D eigenvalue weighted by molar-refractivity contribution is 0.146. The zero-order chi connectivity index (χ0) is 11.4. The van der Waals surface area contributed by atoms with Gasteiger partial charge in [-0.15, -0.1) is 12.4 Å². The number of β-amino-alcohol motifs (C(OH)–C–C–N with tert-alkyl or cyclic N) is 1. The van der Waals surface area contributed by atoms with Crippen LogP contribution in [-0.4, -0.2) is 30.8 Å². The third kappa shape index (κ3) is 4.28. The topological polar surface area (TPSA) is 44.3 Å². The molecule has 0 aliphatic carbocycles. The molecule has 1 aliphatic rings. The standard InChI is InChI=1S/C13H20N2O.ClH/c1-10-3-2-4-11(5-10)6-14-7-12-8-15-9-13(12)16;/h2-5,12-16H,6-9H2,1H3;1H. The Kier molecular flexibility index (Phi) is 5.92. The second-order valence-corrected chi connectivity index (χ2v) is 4.61. The summed E-state index contributed by atoms with van der Waals surface area (Å²) in [5.41, 5.74) is 2.60. The summed E-state index contributed by atoms with van der Waals surface area (Å²) in [5, 5.41) is 16.2. The molecule has 2 rings (SSSR count). The summed E-state index contributed by atoms with van der Waals surface area (Å²) >= 11 is 0. The Labute approximate surface area is 109 Å².